The molecule has 0 fully saturated rings. The molecular formula is C31H31BrN4O4S. The van der Waals surface area contributed by atoms with E-state index in [1.165, 1.54) is 11.3 Å². The normalized spacial score (nSPS) is 15.1. The fraction of sp³-hybridized carbons (Fsp3) is 0.290. The van der Waals surface area contributed by atoms with Gasteiger partial charge in [0.15, 0.2) is 4.80 Å². The van der Waals surface area contributed by atoms with E-state index in [9.17, 15) is 9.59 Å². The predicted octanol–water partition coefficient (Wildman–Crippen LogP) is 5.15. The van der Waals surface area contributed by atoms with Crippen LogP contribution in [0.2, 0.25) is 0 Å². The number of carbonyl (C=O) groups excluding carboxylic acids is 1. The maximum absolute atomic E-state index is 14.2. The molecule has 5 rings (SSSR count). The average molecular weight is 636 g/mol. The summed E-state index contributed by atoms with van der Waals surface area (Å²) < 4.78 is 16.3. The number of rotatable bonds is 8. The van der Waals surface area contributed by atoms with E-state index in [2.05, 4.69) is 31.5 Å². The van der Waals surface area contributed by atoms with Crippen LogP contribution in [0.4, 0.5) is 0 Å². The molecule has 1 aliphatic rings. The molecule has 3 aromatic heterocycles. The van der Waals surface area contributed by atoms with Crippen LogP contribution in [0.25, 0.3) is 11.8 Å². The van der Waals surface area contributed by atoms with Gasteiger partial charge in [-0.2, -0.15) is 0 Å². The van der Waals surface area contributed by atoms with Crippen molar-refractivity contribution in [2.45, 2.75) is 46.6 Å². The summed E-state index contributed by atoms with van der Waals surface area (Å²) in [5.74, 6) is 0.0772. The summed E-state index contributed by atoms with van der Waals surface area (Å²) in [7, 11) is 1.58. The van der Waals surface area contributed by atoms with Gasteiger partial charge in [0, 0.05) is 27.6 Å². The molecule has 1 aliphatic heterocycles. The Morgan fingerprint density at radius 3 is 2.68 bits per heavy atom. The minimum atomic E-state index is -0.760. The Hall–Kier alpha value is -3.76. The Bertz CT molecular complexity index is 1840. The molecule has 41 heavy (non-hydrogen) atoms. The van der Waals surface area contributed by atoms with Crippen LogP contribution >= 0.6 is 27.3 Å². The number of hydrogen-bond donors (Lipinski definition) is 0. The van der Waals surface area contributed by atoms with Crippen LogP contribution in [0.5, 0.6) is 5.75 Å². The number of hydrogen-bond acceptors (Lipinski definition) is 7. The van der Waals surface area contributed by atoms with Gasteiger partial charge >= 0.3 is 5.97 Å². The fourth-order valence-electron chi connectivity index (χ4n) is 5.29. The minimum Gasteiger partial charge on any atom is -0.496 e. The van der Waals surface area contributed by atoms with Crippen molar-refractivity contribution < 1.29 is 14.3 Å². The Labute approximate surface area is 250 Å². The van der Waals surface area contributed by atoms with Gasteiger partial charge in [0.1, 0.15) is 11.8 Å². The largest absolute Gasteiger partial charge is 0.496 e. The van der Waals surface area contributed by atoms with Crippen molar-refractivity contribution in [1.82, 2.24) is 14.1 Å². The van der Waals surface area contributed by atoms with E-state index in [-0.39, 0.29) is 12.2 Å². The monoisotopic (exact) mass is 634 g/mol. The third-order valence-electron chi connectivity index (χ3n) is 7.04. The average Bonchev–Trinajstić information content (AvgIpc) is 3.42. The molecule has 0 aliphatic carbocycles. The molecule has 4 heterocycles. The van der Waals surface area contributed by atoms with Gasteiger partial charge in [-0.1, -0.05) is 40.6 Å². The first-order chi connectivity index (χ1) is 19.8. The number of aromatic nitrogens is 3. The maximum atomic E-state index is 14.2. The highest BCUT2D eigenvalue weighted by molar-refractivity contribution is 9.10. The van der Waals surface area contributed by atoms with Gasteiger partial charge in [0.25, 0.3) is 5.56 Å². The van der Waals surface area contributed by atoms with Gasteiger partial charge in [-0.15, -0.1) is 0 Å². The zero-order chi connectivity index (χ0) is 29.3. The van der Waals surface area contributed by atoms with Gasteiger partial charge in [-0.3, -0.25) is 14.3 Å². The Morgan fingerprint density at radius 1 is 1.20 bits per heavy atom. The molecule has 0 saturated heterocycles. The molecule has 0 saturated carbocycles. The summed E-state index contributed by atoms with van der Waals surface area (Å²) in [5.41, 5.74) is 5.33. The molecule has 212 valence electrons. The predicted molar refractivity (Wildman–Crippen MR) is 163 cm³/mol. The van der Waals surface area contributed by atoms with E-state index in [1.54, 1.807) is 24.8 Å². The lowest BCUT2D eigenvalue weighted by Gasteiger charge is -2.27. The number of benzene rings is 1. The zero-order valence-corrected chi connectivity index (χ0v) is 26.0. The van der Waals surface area contributed by atoms with Crippen LogP contribution in [0.3, 0.4) is 0 Å². The summed E-state index contributed by atoms with van der Waals surface area (Å²) in [5, 5.41) is 0. The number of ether oxygens (including phenoxy) is 2. The van der Waals surface area contributed by atoms with Gasteiger partial charge in [0.05, 0.1) is 41.4 Å². The van der Waals surface area contributed by atoms with E-state index in [0.717, 1.165) is 33.5 Å². The van der Waals surface area contributed by atoms with Gasteiger partial charge < -0.3 is 14.0 Å². The Kier molecular flexibility index (Phi) is 8.42. The van der Waals surface area contributed by atoms with Gasteiger partial charge in [0.2, 0.25) is 0 Å². The van der Waals surface area contributed by atoms with E-state index in [0.29, 0.717) is 38.3 Å². The Balaban J connectivity index is 1.77. The van der Waals surface area contributed by atoms with Crippen LogP contribution in [0.1, 0.15) is 55.2 Å². The van der Waals surface area contributed by atoms with Crippen LogP contribution in [-0.4, -0.2) is 33.8 Å². The smallest absolute Gasteiger partial charge is 0.338 e. The molecule has 0 N–H and O–H groups in total. The van der Waals surface area contributed by atoms with Crippen molar-refractivity contribution in [2.75, 3.05) is 13.7 Å². The second-order valence-electron chi connectivity index (χ2n) is 9.67. The number of carbonyl (C=O) groups is 1. The summed E-state index contributed by atoms with van der Waals surface area (Å²) >= 11 is 4.88. The first-order valence-corrected chi connectivity index (χ1v) is 15.0. The number of esters is 1. The van der Waals surface area contributed by atoms with Crippen molar-refractivity contribution in [3.8, 4) is 11.4 Å². The first-order valence-electron chi connectivity index (χ1n) is 13.4. The molecule has 1 aromatic carbocycles. The summed E-state index contributed by atoms with van der Waals surface area (Å²) in [6, 6.07) is 10.8. The summed E-state index contributed by atoms with van der Waals surface area (Å²) in [4.78, 5) is 37.3. The van der Waals surface area contributed by atoms with Gasteiger partial charge in [-0.05, 0) is 75.2 Å². The van der Waals surface area contributed by atoms with Crippen molar-refractivity contribution in [3.05, 3.63) is 107 Å². The quantitative estimate of drug-likeness (QED) is 0.250. The SMILES string of the molecule is CCCC1=C(C(=O)OCC)[C@H](c2cc(Br)ccc2OC)n2c(s/c(=C/c3cc(C)n(-c4cccnc4)c3C)c2=O)=N1. The van der Waals surface area contributed by atoms with E-state index in [4.69, 9.17) is 14.5 Å². The highest BCUT2D eigenvalue weighted by Gasteiger charge is 2.36. The number of nitrogens with zero attached hydrogens (tertiary/aromatic N) is 4. The molecule has 0 radical (unpaired) electrons. The van der Waals surface area contributed by atoms with Crippen molar-refractivity contribution in [2.24, 2.45) is 4.99 Å². The highest BCUT2D eigenvalue weighted by Crippen LogP contribution is 2.38. The number of methoxy groups -OCH3 is 1. The third kappa shape index (κ3) is 5.34. The molecule has 0 spiro atoms. The molecule has 1 atom stereocenters. The van der Waals surface area contributed by atoms with E-state index < -0.39 is 12.0 Å². The standard InChI is InChI=1S/C31H31BrN4O4S/c1-6-9-24-27(30(38)40-7-2)28(23-16-21(32)11-12-25(23)39-5)36-29(37)26(41-31(36)34-24)15-20-14-18(3)35(19(20)4)22-10-8-13-33-17-22/h8,10-17,28H,6-7,9H2,1-5H3/b26-15+/t28-/m0/s1. The number of halogens is 1. The van der Waals surface area contributed by atoms with Crippen molar-refractivity contribution >= 4 is 39.3 Å². The zero-order valence-electron chi connectivity index (χ0n) is 23.6. The molecular weight excluding hydrogens is 604 g/mol. The van der Waals surface area contributed by atoms with Crippen LogP contribution in [0, 0.1) is 13.8 Å². The van der Waals surface area contributed by atoms with Crippen LogP contribution < -0.4 is 19.6 Å². The summed E-state index contributed by atoms with van der Waals surface area (Å²) in [6.45, 7) is 8.07. The number of allylic oxidation sites excluding steroid dienone is 1. The molecule has 0 unspecified atom stereocenters. The number of thiazole rings is 1. The lowest BCUT2D eigenvalue weighted by atomic mass is 9.93. The van der Waals surface area contributed by atoms with Gasteiger partial charge in [-0.25, -0.2) is 9.79 Å². The van der Waals surface area contributed by atoms with Crippen LogP contribution in [0.15, 0.2) is 74.3 Å². The molecule has 10 heteroatoms. The topological polar surface area (TPSA) is 87.7 Å². The molecule has 0 amide bonds. The summed E-state index contributed by atoms with van der Waals surface area (Å²) in [6.07, 6.45) is 6.81. The minimum absolute atomic E-state index is 0.209. The lowest BCUT2D eigenvalue weighted by molar-refractivity contribution is -0.139. The number of fused-ring (bicyclic) bond motifs is 1. The first kappa shape index (κ1) is 28.8. The van der Waals surface area contributed by atoms with E-state index >= 15 is 0 Å². The third-order valence-corrected chi connectivity index (χ3v) is 8.52. The fourth-order valence-corrected chi connectivity index (χ4v) is 6.68. The highest BCUT2D eigenvalue weighted by atomic mass is 79.9. The van der Waals surface area contributed by atoms with Crippen LogP contribution in [-0.2, 0) is 9.53 Å². The second-order valence-corrected chi connectivity index (χ2v) is 11.6. The number of pyridine rings is 1. The number of aryl methyl sites for hydroxylation is 1. The van der Waals surface area contributed by atoms with Crippen molar-refractivity contribution in [1.29, 1.82) is 0 Å². The molecule has 4 aromatic rings. The molecule has 0 bridgehead atoms. The lowest BCUT2D eigenvalue weighted by Crippen LogP contribution is -2.40. The second kappa shape index (κ2) is 12.0. The maximum Gasteiger partial charge on any atom is 0.338 e. The Morgan fingerprint density at radius 2 is 2.00 bits per heavy atom. The molecule has 8 nitrogen and oxygen atoms in total. The van der Waals surface area contributed by atoms with Crippen molar-refractivity contribution in [3.63, 3.8) is 0 Å². The van der Waals surface area contributed by atoms with E-state index in [1.807, 2.05) is 63.4 Å².